The van der Waals surface area contributed by atoms with Crippen molar-refractivity contribution in [3.63, 3.8) is 0 Å². The van der Waals surface area contributed by atoms with Crippen LogP contribution in [0, 0.1) is 6.92 Å². The summed E-state index contributed by atoms with van der Waals surface area (Å²) in [5, 5.41) is 1.28. The van der Waals surface area contributed by atoms with E-state index in [2.05, 4.69) is 6.08 Å². The van der Waals surface area contributed by atoms with E-state index in [9.17, 15) is 14.4 Å². The highest BCUT2D eigenvalue weighted by molar-refractivity contribution is 6.18. The SMILES string of the molecule is Cc1cc(=O)oc2c1ccc1oc(C(=O)CC(=O)OCC3=CC=CCC3)c(-c3ccccc3)c12. The lowest BCUT2D eigenvalue weighted by Gasteiger charge is -2.09. The molecule has 0 radical (unpaired) electrons. The lowest BCUT2D eigenvalue weighted by Crippen LogP contribution is -2.13. The van der Waals surface area contributed by atoms with Gasteiger partial charge in [0.1, 0.15) is 24.2 Å². The number of ether oxygens (including phenoxy) is 1. The Morgan fingerprint density at radius 3 is 2.65 bits per heavy atom. The van der Waals surface area contributed by atoms with Gasteiger partial charge in [-0.2, -0.15) is 0 Å². The van der Waals surface area contributed by atoms with Crippen molar-refractivity contribution < 1.29 is 23.2 Å². The van der Waals surface area contributed by atoms with Crippen LogP contribution in [-0.4, -0.2) is 18.4 Å². The van der Waals surface area contributed by atoms with Crippen LogP contribution in [0.2, 0.25) is 0 Å². The molecule has 0 unspecified atom stereocenters. The first-order valence-electron chi connectivity index (χ1n) is 11.1. The summed E-state index contributed by atoms with van der Waals surface area (Å²) in [6, 6.07) is 14.2. The molecule has 1 aliphatic rings. The number of carbonyl (C=O) groups is 2. The number of fused-ring (bicyclic) bond motifs is 3. The van der Waals surface area contributed by atoms with Crippen molar-refractivity contribution in [3.05, 3.63) is 94.1 Å². The van der Waals surface area contributed by atoms with Crippen LogP contribution in [0.5, 0.6) is 0 Å². The lowest BCUT2D eigenvalue weighted by molar-refractivity contribution is -0.141. The molecular formula is C28H22O6. The number of furan rings is 1. The molecule has 0 aliphatic heterocycles. The van der Waals surface area contributed by atoms with Crippen LogP contribution < -0.4 is 5.63 Å². The van der Waals surface area contributed by atoms with Crippen LogP contribution in [0.15, 0.2) is 86.0 Å². The zero-order valence-corrected chi connectivity index (χ0v) is 18.6. The fourth-order valence-corrected chi connectivity index (χ4v) is 4.25. The van der Waals surface area contributed by atoms with E-state index in [1.54, 1.807) is 12.1 Å². The van der Waals surface area contributed by atoms with Crippen molar-refractivity contribution in [1.82, 2.24) is 0 Å². The predicted molar refractivity (Wildman–Crippen MR) is 129 cm³/mol. The molecule has 0 saturated carbocycles. The third kappa shape index (κ3) is 4.10. The second kappa shape index (κ2) is 8.98. The van der Waals surface area contributed by atoms with Gasteiger partial charge in [0.15, 0.2) is 5.76 Å². The minimum absolute atomic E-state index is 0.0367. The van der Waals surface area contributed by atoms with Crippen LogP contribution in [0.1, 0.15) is 35.4 Å². The Balaban J connectivity index is 1.56. The summed E-state index contributed by atoms with van der Waals surface area (Å²) in [6.45, 7) is 1.99. The maximum absolute atomic E-state index is 13.2. The first-order valence-corrected chi connectivity index (χ1v) is 11.1. The molecule has 0 bridgehead atoms. The number of esters is 1. The number of ketones is 1. The Labute approximate surface area is 195 Å². The van der Waals surface area contributed by atoms with Gasteiger partial charge >= 0.3 is 11.6 Å². The standard InChI is InChI=1S/C28H22O6/c1-17-14-24(31)34-27-20(17)12-13-22-26(27)25(19-10-6-3-7-11-19)28(33-22)21(29)15-23(30)32-16-18-8-4-2-5-9-18/h2-4,6-8,10-14H,5,9,15-16H2,1H3. The molecule has 0 saturated heterocycles. The molecule has 34 heavy (non-hydrogen) atoms. The highest BCUT2D eigenvalue weighted by Gasteiger charge is 2.26. The number of benzene rings is 2. The Kier molecular flexibility index (Phi) is 5.72. The molecule has 2 heterocycles. The molecule has 2 aromatic carbocycles. The summed E-state index contributed by atoms with van der Waals surface area (Å²) in [4.78, 5) is 37.8. The van der Waals surface area contributed by atoms with Gasteiger partial charge in [-0.25, -0.2) is 4.79 Å². The summed E-state index contributed by atoms with van der Waals surface area (Å²) in [7, 11) is 0. The van der Waals surface area contributed by atoms with Gasteiger partial charge in [-0.05, 0) is 48.6 Å². The maximum Gasteiger partial charge on any atom is 0.336 e. The molecule has 170 valence electrons. The summed E-state index contributed by atoms with van der Waals surface area (Å²) < 4.78 is 16.9. The molecule has 5 rings (SSSR count). The van der Waals surface area contributed by atoms with Crippen LogP contribution in [0.4, 0.5) is 0 Å². The molecule has 0 atom stereocenters. The van der Waals surface area contributed by atoms with Gasteiger partial charge < -0.3 is 13.6 Å². The van der Waals surface area contributed by atoms with E-state index in [0.29, 0.717) is 27.7 Å². The Morgan fingerprint density at radius 2 is 1.88 bits per heavy atom. The number of hydrogen-bond donors (Lipinski definition) is 0. The van der Waals surface area contributed by atoms with Gasteiger partial charge in [-0.15, -0.1) is 0 Å². The molecule has 6 heteroatoms. The molecule has 1 aliphatic carbocycles. The van der Waals surface area contributed by atoms with Crippen molar-refractivity contribution in [2.24, 2.45) is 0 Å². The van der Waals surface area contributed by atoms with Crippen LogP contribution >= 0.6 is 0 Å². The van der Waals surface area contributed by atoms with Crippen LogP contribution in [0.25, 0.3) is 33.1 Å². The Bertz CT molecular complexity index is 1530. The average Bonchev–Trinajstić information content (AvgIpc) is 3.24. The fraction of sp³-hybridized carbons (Fsp3) is 0.179. The first kappa shape index (κ1) is 21.6. The molecule has 0 amide bonds. The second-order valence-electron chi connectivity index (χ2n) is 8.29. The highest BCUT2D eigenvalue weighted by atomic mass is 16.5. The molecule has 0 fully saturated rings. The Hall–Kier alpha value is -4.19. The zero-order chi connectivity index (χ0) is 23.7. The van der Waals surface area contributed by atoms with E-state index >= 15 is 0 Å². The largest absolute Gasteiger partial charge is 0.461 e. The normalized spacial score (nSPS) is 13.3. The fourth-order valence-electron chi connectivity index (χ4n) is 4.25. The van der Waals surface area contributed by atoms with E-state index in [1.165, 1.54) is 6.07 Å². The summed E-state index contributed by atoms with van der Waals surface area (Å²) in [5.41, 5.74) is 3.24. The van der Waals surface area contributed by atoms with Crippen molar-refractivity contribution in [2.45, 2.75) is 26.2 Å². The third-order valence-electron chi connectivity index (χ3n) is 5.91. The first-order chi connectivity index (χ1) is 16.5. The van der Waals surface area contributed by atoms with Gasteiger partial charge in [-0.3, -0.25) is 9.59 Å². The van der Waals surface area contributed by atoms with E-state index in [1.807, 2.05) is 49.4 Å². The molecule has 6 nitrogen and oxygen atoms in total. The molecule has 0 spiro atoms. The number of aryl methyl sites for hydroxylation is 1. The predicted octanol–water partition coefficient (Wildman–Crippen LogP) is 5.91. The number of carbonyl (C=O) groups excluding carboxylic acids is 2. The van der Waals surface area contributed by atoms with E-state index in [-0.39, 0.29) is 12.4 Å². The number of allylic oxidation sites excluding steroid dienone is 3. The van der Waals surface area contributed by atoms with Gasteiger partial charge in [0.2, 0.25) is 5.78 Å². The summed E-state index contributed by atoms with van der Waals surface area (Å²) in [6.07, 6.45) is 7.19. The van der Waals surface area contributed by atoms with Gasteiger partial charge in [-0.1, -0.05) is 48.6 Å². The zero-order valence-electron chi connectivity index (χ0n) is 18.6. The van der Waals surface area contributed by atoms with Gasteiger partial charge in [0.25, 0.3) is 0 Å². The molecular weight excluding hydrogens is 432 g/mol. The quantitative estimate of drug-likeness (QED) is 0.156. The van der Waals surface area contributed by atoms with Crippen molar-refractivity contribution in [3.8, 4) is 11.1 Å². The second-order valence-corrected chi connectivity index (χ2v) is 8.29. The minimum Gasteiger partial charge on any atom is -0.461 e. The summed E-state index contributed by atoms with van der Waals surface area (Å²) in [5.74, 6) is -1.08. The smallest absolute Gasteiger partial charge is 0.336 e. The molecule has 2 aromatic heterocycles. The van der Waals surface area contributed by atoms with E-state index in [0.717, 1.165) is 29.4 Å². The number of rotatable bonds is 6. The molecule has 4 aromatic rings. The van der Waals surface area contributed by atoms with Crippen molar-refractivity contribution >= 4 is 33.7 Å². The summed E-state index contributed by atoms with van der Waals surface area (Å²) >= 11 is 0. The monoisotopic (exact) mass is 454 g/mol. The van der Waals surface area contributed by atoms with Crippen molar-refractivity contribution in [1.29, 1.82) is 0 Å². The van der Waals surface area contributed by atoms with Gasteiger partial charge in [0.05, 0.1) is 5.39 Å². The van der Waals surface area contributed by atoms with Crippen LogP contribution in [-0.2, 0) is 9.53 Å². The van der Waals surface area contributed by atoms with E-state index < -0.39 is 23.8 Å². The van der Waals surface area contributed by atoms with Gasteiger partial charge in [0, 0.05) is 17.0 Å². The average molecular weight is 454 g/mol. The molecule has 0 N–H and O–H groups in total. The topological polar surface area (TPSA) is 86.7 Å². The van der Waals surface area contributed by atoms with E-state index in [4.69, 9.17) is 13.6 Å². The van der Waals surface area contributed by atoms with Crippen molar-refractivity contribution in [2.75, 3.05) is 6.61 Å². The van der Waals surface area contributed by atoms with Crippen LogP contribution in [0.3, 0.4) is 0 Å². The number of hydrogen-bond acceptors (Lipinski definition) is 6. The maximum atomic E-state index is 13.2. The highest BCUT2D eigenvalue weighted by Crippen LogP contribution is 2.40. The minimum atomic E-state index is -0.618. The Morgan fingerprint density at radius 1 is 1.06 bits per heavy atom. The lowest BCUT2D eigenvalue weighted by atomic mass is 9.97. The third-order valence-corrected chi connectivity index (χ3v) is 5.91. The number of Topliss-reactive ketones (excluding diaryl/α,β-unsaturated/α-hetero) is 1.